The van der Waals surface area contributed by atoms with Crippen LogP contribution >= 0.6 is 0 Å². The number of pyridine rings is 1. The van der Waals surface area contributed by atoms with E-state index in [1.807, 2.05) is 24.3 Å². The molecule has 0 unspecified atom stereocenters. The molecule has 2 aromatic rings. The number of ether oxygens (including phenoxy) is 2. The molecule has 0 saturated heterocycles. The molecule has 1 aromatic carbocycles. The average Bonchev–Trinajstić information content (AvgIpc) is 2.62. The van der Waals surface area contributed by atoms with E-state index < -0.39 is 0 Å². The van der Waals surface area contributed by atoms with E-state index in [2.05, 4.69) is 29.4 Å². The zero-order valence-electron chi connectivity index (χ0n) is 15.0. The van der Waals surface area contributed by atoms with Gasteiger partial charge in [0.05, 0.1) is 13.0 Å². The van der Waals surface area contributed by atoms with Gasteiger partial charge in [0.1, 0.15) is 5.75 Å². The lowest BCUT2D eigenvalue weighted by molar-refractivity contribution is -0.142. The number of nitrogens with zero attached hydrogens (tertiary/aromatic N) is 1. The zero-order chi connectivity index (χ0) is 17.9. The van der Waals surface area contributed by atoms with Crippen molar-refractivity contribution in [3.63, 3.8) is 0 Å². The molecule has 0 radical (unpaired) electrons. The minimum Gasteiger partial charge on any atom is -0.466 e. The molecule has 0 fully saturated rings. The van der Waals surface area contributed by atoms with E-state index in [-0.39, 0.29) is 5.97 Å². The Balaban J connectivity index is 1.76. The van der Waals surface area contributed by atoms with E-state index in [9.17, 15) is 4.79 Å². The number of benzene rings is 1. The Kier molecular flexibility index (Phi) is 7.92. The number of aromatic nitrogens is 1. The van der Waals surface area contributed by atoms with Gasteiger partial charge in [0, 0.05) is 25.4 Å². The van der Waals surface area contributed by atoms with Crippen molar-refractivity contribution in [2.24, 2.45) is 0 Å². The fraction of sp³-hybridized carbons (Fsp3) is 0.400. The van der Waals surface area contributed by atoms with Crippen molar-refractivity contribution in [2.75, 3.05) is 13.2 Å². The number of hydrogen-bond acceptors (Lipinski definition) is 5. The largest absolute Gasteiger partial charge is 0.466 e. The predicted molar refractivity (Wildman–Crippen MR) is 97.7 cm³/mol. The second-order valence-electron chi connectivity index (χ2n) is 5.73. The summed E-state index contributed by atoms with van der Waals surface area (Å²) in [5.74, 6) is 1.17. The number of aryl methyl sites for hydroxylation is 1. The van der Waals surface area contributed by atoms with Crippen molar-refractivity contribution in [3.05, 3.63) is 53.7 Å². The smallest absolute Gasteiger partial charge is 0.307 e. The van der Waals surface area contributed by atoms with Gasteiger partial charge in [-0.1, -0.05) is 31.5 Å². The van der Waals surface area contributed by atoms with Crippen molar-refractivity contribution >= 4 is 5.97 Å². The first kappa shape index (κ1) is 18.9. The molecule has 5 nitrogen and oxygen atoms in total. The third kappa shape index (κ3) is 6.93. The second-order valence-corrected chi connectivity index (χ2v) is 5.73. The summed E-state index contributed by atoms with van der Waals surface area (Å²) in [4.78, 5) is 15.6. The van der Waals surface area contributed by atoms with Crippen LogP contribution in [0.3, 0.4) is 0 Å². The molecule has 25 heavy (non-hydrogen) atoms. The molecule has 0 saturated carbocycles. The summed E-state index contributed by atoms with van der Waals surface area (Å²) in [7, 11) is 0. The van der Waals surface area contributed by atoms with Gasteiger partial charge in [0.25, 0.3) is 0 Å². The van der Waals surface area contributed by atoms with Gasteiger partial charge in [0.15, 0.2) is 0 Å². The fourth-order valence-corrected chi connectivity index (χ4v) is 2.37. The minimum atomic E-state index is -0.179. The minimum absolute atomic E-state index is 0.179. The first-order valence-corrected chi connectivity index (χ1v) is 8.79. The number of nitrogens with one attached hydrogen (secondary N) is 1. The predicted octanol–water partition coefficient (Wildman–Crippen LogP) is 3.87. The molecule has 0 aliphatic carbocycles. The molecular weight excluding hydrogens is 316 g/mol. The maximum atomic E-state index is 11.2. The highest BCUT2D eigenvalue weighted by Gasteiger charge is 2.02. The van der Waals surface area contributed by atoms with E-state index in [0.717, 1.165) is 24.2 Å². The Morgan fingerprint density at radius 1 is 1.08 bits per heavy atom. The Morgan fingerprint density at radius 2 is 1.84 bits per heavy atom. The molecule has 134 valence electrons. The molecule has 1 heterocycles. The van der Waals surface area contributed by atoms with Crippen molar-refractivity contribution in [3.8, 4) is 11.6 Å². The topological polar surface area (TPSA) is 60.5 Å². The van der Waals surface area contributed by atoms with Crippen LogP contribution in [-0.2, 0) is 22.5 Å². The Labute approximate surface area is 149 Å². The van der Waals surface area contributed by atoms with Crippen molar-refractivity contribution in [1.82, 2.24) is 10.3 Å². The standard InChI is InChI=1S/C20H26N2O3/c1-3-5-16-6-9-18(10-7-16)25-19-11-8-17(15-22-19)14-21-13-12-20(23)24-4-2/h6-11,15,21H,3-5,12-14H2,1-2H3. The van der Waals surface area contributed by atoms with Crippen LogP contribution in [0.2, 0.25) is 0 Å². The van der Waals surface area contributed by atoms with Gasteiger partial charge >= 0.3 is 5.97 Å². The van der Waals surface area contributed by atoms with Crippen LogP contribution in [0, 0.1) is 0 Å². The number of carbonyl (C=O) groups excluding carboxylic acids is 1. The Morgan fingerprint density at radius 3 is 2.48 bits per heavy atom. The van der Waals surface area contributed by atoms with E-state index >= 15 is 0 Å². The van der Waals surface area contributed by atoms with Crippen LogP contribution in [-0.4, -0.2) is 24.1 Å². The highest BCUT2D eigenvalue weighted by Crippen LogP contribution is 2.20. The van der Waals surface area contributed by atoms with E-state index in [1.54, 1.807) is 13.1 Å². The monoisotopic (exact) mass is 342 g/mol. The molecule has 0 aliphatic rings. The molecule has 0 atom stereocenters. The molecule has 0 spiro atoms. The van der Waals surface area contributed by atoms with Gasteiger partial charge in [-0.25, -0.2) is 4.98 Å². The van der Waals surface area contributed by atoms with Crippen molar-refractivity contribution < 1.29 is 14.3 Å². The summed E-state index contributed by atoms with van der Waals surface area (Å²) < 4.78 is 10.6. The van der Waals surface area contributed by atoms with Crippen LogP contribution < -0.4 is 10.1 Å². The summed E-state index contributed by atoms with van der Waals surface area (Å²) >= 11 is 0. The third-order valence-corrected chi connectivity index (χ3v) is 3.62. The maximum absolute atomic E-state index is 11.2. The first-order chi connectivity index (χ1) is 12.2. The van der Waals surface area contributed by atoms with Crippen LogP contribution in [0.25, 0.3) is 0 Å². The van der Waals surface area contributed by atoms with Gasteiger partial charge in [0.2, 0.25) is 5.88 Å². The molecule has 0 amide bonds. The van der Waals surface area contributed by atoms with Crippen LogP contribution in [0.4, 0.5) is 0 Å². The van der Waals surface area contributed by atoms with E-state index in [0.29, 0.717) is 32.0 Å². The lowest BCUT2D eigenvalue weighted by Gasteiger charge is -2.08. The molecule has 0 aliphatic heterocycles. The molecule has 1 N–H and O–H groups in total. The van der Waals surface area contributed by atoms with E-state index in [1.165, 1.54) is 5.56 Å². The summed E-state index contributed by atoms with van der Waals surface area (Å²) in [5.41, 5.74) is 2.35. The molecule has 2 rings (SSSR count). The van der Waals surface area contributed by atoms with Crippen LogP contribution in [0.5, 0.6) is 11.6 Å². The maximum Gasteiger partial charge on any atom is 0.307 e. The lowest BCUT2D eigenvalue weighted by Crippen LogP contribution is -2.19. The molecular formula is C20H26N2O3. The van der Waals surface area contributed by atoms with Crippen molar-refractivity contribution in [2.45, 2.75) is 39.7 Å². The van der Waals surface area contributed by atoms with Crippen molar-refractivity contribution in [1.29, 1.82) is 0 Å². The summed E-state index contributed by atoms with van der Waals surface area (Å²) in [6.07, 6.45) is 4.36. The number of esters is 1. The van der Waals surface area contributed by atoms with Gasteiger partial charge in [-0.3, -0.25) is 4.79 Å². The summed E-state index contributed by atoms with van der Waals surface area (Å²) in [6.45, 7) is 5.63. The highest BCUT2D eigenvalue weighted by atomic mass is 16.5. The second kappa shape index (κ2) is 10.5. The lowest BCUT2D eigenvalue weighted by atomic mass is 10.1. The molecule has 5 heteroatoms. The van der Waals surface area contributed by atoms with Gasteiger partial charge in [-0.15, -0.1) is 0 Å². The number of carbonyl (C=O) groups is 1. The average molecular weight is 342 g/mol. The highest BCUT2D eigenvalue weighted by molar-refractivity contribution is 5.69. The van der Waals surface area contributed by atoms with Gasteiger partial charge in [-0.2, -0.15) is 0 Å². The fourth-order valence-electron chi connectivity index (χ4n) is 2.37. The van der Waals surface area contributed by atoms with E-state index in [4.69, 9.17) is 9.47 Å². The number of rotatable bonds is 10. The van der Waals surface area contributed by atoms with Gasteiger partial charge < -0.3 is 14.8 Å². The SMILES string of the molecule is CCCc1ccc(Oc2ccc(CNCCC(=O)OCC)cn2)cc1. The first-order valence-electron chi connectivity index (χ1n) is 8.79. The van der Waals surface area contributed by atoms with Crippen LogP contribution in [0.1, 0.15) is 37.8 Å². The number of hydrogen-bond donors (Lipinski definition) is 1. The summed E-state index contributed by atoms with van der Waals surface area (Å²) in [6, 6.07) is 11.9. The van der Waals surface area contributed by atoms with Gasteiger partial charge in [-0.05, 0) is 36.6 Å². The molecule has 1 aromatic heterocycles. The summed E-state index contributed by atoms with van der Waals surface area (Å²) in [5, 5.41) is 3.20. The zero-order valence-corrected chi connectivity index (χ0v) is 15.0. The normalized spacial score (nSPS) is 10.5. The third-order valence-electron chi connectivity index (χ3n) is 3.62. The molecule has 0 bridgehead atoms. The quantitative estimate of drug-likeness (QED) is 0.525. The Bertz CT molecular complexity index is 639. The van der Waals surface area contributed by atoms with Crippen LogP contribution in [0.15, 0.2) is 42.6 Å². The Hall–Kier alpha value is -2.40.